The number of carbonyl (C=O) groups is 1. The van der Waals surface area contributed by atoms with E-state index in [0.717, 1.165) is 38.2 Å². The molecular formula is C18H29N3O3S. The minimum atomic E-state index is -3.34. The summed E-state index contributed by atoms with van der Waals surface area (Å²) in [4.78, 5) is 14.7. The fraction of sp³-hybridized carbons (Fsp3) is 0.611. The molecule has 140 valence electrons. The zero-order chi connectivity index (χ0) is 18.4. The first-order valence-corrected chi connectivity index (χ1v) is 10.7. The number of amides is 1. The van der Waals surface area contributed by atoms with Crippen LogP contribution in [0.4, 0.5) is 5.69 Å². The Kier molecular flexibility index (Phi) is 6.84. The minimum Gasteiger partial charge on any atom is -0.352 e. The third kappa shape index (κ3) is 6.01. The topological polar surface area (TPSA) is 69.7 Å². The molecule has 1 amide bonds. The molecule has 25 heavy (non-hydrogen) atoms. The van der Waals surface area contributed by atoms with Gasteiger partial charge in [-0.25, -0.2) is 8.42 Å². The van der Waals surface area contributed by atoms with Gasteiger partial charge in [0.05, 0.1) is 11.9 Å². The van der Waals surface area contributed by atoms with E-state index in [9.17, 15) is 13.2 Å². The molecular weight excluding hydrogens is 338 g/mol. The van der Waals surface area contributed by atoms with Crippen molar-refractivity contribution in [2.45, 2.75) is 26.2 Å². The van der Waals surface area contributed by atoms with Gasteiger partial charge < -0.3 is 10.2 Å². The second kappa shape index (κ2) is 8.67. The third-order valence-corrected chi connectivity index (χ3v) is 5.85. The molecule has 1 aliphatic heterocycles. The van der Waals surface area contributed by atoms with Crippen molar-refractivity contribution >= 4 is 21.6 Å². The maximum absolute atomic E-state index is 12.3. The molecule has 0 spiro atoms. The van der Waals surface area contributed by atoms with E-state index < -0.39 is 10.0 Å². The van der Waals surface area contributed by atoms with E-state index in [0.29, 0.717) is 17.8 Å². The van der Waals surface area contributed by atoms with Gasteiger partial charge >= 0.3 is 0 Å². The molecule has 1 atom stereocenters. The first-order valence-electron chi connectivity index (χ1n) is 8.82. The van der Waals surface area contributed by atoms with Gasteiger partial charge in [0.25, 0.3) is 5.91 Å². The summed E-state index contributed by atoms with van der Waals surface area (Å²) in [6, 6.07) is 6.67. The molecule has 0 unspecified atom stereocenters. The first-order chi connectivity index (χ1) is 11.8. The summed E-state index contributed by atoms with van der Waals surface area (Å²) in [6.45, 7) is 6.21. The Morgan fingerprint density at radius 1 is 1.40 bits per heavy atom. The summed E-state index contributed by atoms with van der Waals surface area (Å²) >= 11 is 0. The summed E-state index contributed by atoms with van der Waals surface area (Å²) in [7, 11) is -1.86. The molecule has 1 aromatic carbocycles. The quantitative estimate of drug-likeness (QED) is 0.748. The molecule has 1 aliphatic rings. The van der Waals surface area contributed by atoms with Crippen LogP contribution in [0.15, 0.2) is 24.3 Å². The molecule has 0 aliphatic carbocycles. The van der Waals surface area contributed by atoms with Crippen molar-refractivity contribution in [3.05, 3.63) is 29.8 Å². The minimum absolute atomic E-state index is 0.171. The molecule has 1 heterocycles. The van der Waals surface area contributed by atoms with Gasteiger partial charge in [0.15, 0.2) is 0 Å². The smallest absolute Gasteiger partial charge is 0.251 e. The van der Waals surface area contributed by atoms with Gasteiger partial charge in [-0.1, -0.05) is 13.0 Å². The maximum atomic E-state index is 12.3. The second-order valence-corrected chi connectivity index (χ2v) is 8.95. The average Bonchev–Trinajstić information content (AvgIpc) is 2.57. The van der Waals surface area contributed by atoms with Crippen LogP contribution < -0.4 is 9.62 Å². The van der Waals surface area contributed by atoms with E-state index in [2.05, 4.69) is 17.1 Å². The number of hydrogen-bond acceptors (Lipinski definition) is 4. The predicted octanol–water partition coefficient (Wildman–Crippen LogP) is 1.93. The van der Waals surface area contributed by atoms with E-state index in [1.54, 1.807) is 24.3 Å². The molecule has 0 bridgehead atoms. The lowest BCUT2D eigenvalue weighted by Crippen LogP contribution is -2.36. The molecule has 6 nitrogen and oxygen atoms in total. The van der Waals surface area contributed by atoms with E-state index in [4.69, 9.17) is 0 Å². The molecule has 0 radical (unpaired) electrons. The van der Waals surface area contributed by atoms with Crippen molar-refractivity contribution in [1.82, 2.24) is 10.2 Å². The number of sulfonamides is 1. The van der Waals surface area contributed by atoms with Gasteiger partial charge in [-0.2, -0.15) is 0 Å². The van der Waals surface area contributed by atoms with E-state index in [-0.39, 0.29) is 5.91 Å². The van der Waals surface area contributed by atoms with Crippen LogP contribution >= 0.6 is 0 Å². The van der Waals surface area contributed by atoms with Crippen molar-refractivity contribution in [2.24, 2.45) is 5.92 Å². The van der Waals surface area contributed by atoms with Crippen molar-refractivity contribution in [2.75, 3.05) is 43.8 Å². The van der Waals surface area contributed by atoms with Crippen molar-refractivity contribution in [3.63, 3.8) is 0 Å². The standard InChI is InChI=1S/C18H29N3O3S/c1-15-7-5-11-21(14-15)12-6-10-19-18(22)16-8-4-9-17(13-16)20(2)25(3,23)24/h4,8-9,13,15H,5-7,10-12,14H2,1-3H3,(H,19,22)/t15-/m0/s1. The van der Waals surface area contributed by atoms with Crippen molar-refractivity contribution in [1.29, 1.82) is 0 Å². The molecule has 7 heteroatoms. The lowest BCUT2D eigenvalue weighted by molar-refractivity contribution is 0.0950. The number of nitrogens with zero attached hydrogens (tertiary/aromatic N) is 2. The van der Waals surface area contributed by atoms with Gasteiger partial charge in [-0.05, 0) is 56.5 Å². The van der Waals surface area contributed by atoms with Gasteiger partial charge in [-0.15, -0.1) is 0 Å². The Morgan fingerprint density at radius 2 is 2.16 bits per heavy atom. The maximum Gasteiger partial charge on any atom is 0.251 e. The average molecular weight is 368 g/mol. The van der Waals surface area contributed by atoms with Crippen LogP contribution in [0, 0.1) is 5.92 Å². The summed E-state index contributed by atoms with van der Waals surface area (Å²) in [5, 5.41) is 2.92. The fourth-order valence-electron chi connectivity index (χ4n) is 3.13. The highest BCUT2D eigenvalue weighted by molar-refractivity contribution is 7.92. The van der Waals surface area contributed by atoms with Crippen LogP contribution in [-0.4, -0.2) is 58.7 Å². The highest BCUT2D eigenvalue weighted by atomic mass is 32.2. The molecule has 1 aromatic rings. The van der Waals surface area contributed by atoms with Crippen molar-refractivity contribution < 1.29 is 13.2 Å². The summed E-state index contributed by atoms with van der Waals surface area (Å²) < 4.78 is 24.4. The monoisotopic (exact) mass is 367 g/mol. The number of nitrogens with one attached hydrogen (secondary N) is 1. The zero-order valence-corrected chi connectivity index (χ0v) is 16.2. The van der Waals surface area contributed by atoms with Gasteiger partial charge in [0.2, 0.25) is 10.0 Å². The van der Waals surface area contributed by atoms with Crippen LogP contribution in [0.5, 0.6) is 0 Å². The van der Waals surface area contributed by atoms with Gasteiger partial charge in [0, 0.05) is 25.7 Å². The van der Waals surface area contributed by atoms with E-state index in [1.165, 1.54) is 24.2 Å². The Hall–Kier alpha value is -1.60. The van der Waals surface area contributed by atoms with Gasteiger partial charge in [-0.3, -0.25) is 9.10 Å². The Morgan fingerprint density at radius 3 is 2.84 bits per heavy atom. The second-order valence-electron chi connectivity index (χ2n) is 6.94. The molecule has 1 fully saturated rings. The van der Waals surface area contributed by atoms with E-state index in [1.807, 2.05) is 0 Å². The Balaban J connectivity index is 1.82. The molecule has 0 saturated carbocycles. The normalized spacial score (nSPS) is 18.8. The van der Waals surface area contributed by atoms with Crippen LogP contribution in [0.1, 0.15) is 36.5 Å². The lowest BCUT2D eigenvalue weighted by Gasteiger charge is -2.30. The molecule has 0 aromatic heterocycles. The van der Waals surface area contributed by atoms with Crippen LogP contribution in [-0.2, 0) is 10.0 Å². The number of anilines is 1. The van der Waals surface area contributed by atoms with Crippen LogP contribution in [0.25, 0.3) is 0 Å². The third-order valence-electron chi connectivity index (χ3n) is 4.65. The Bertz CT molecular complexity index is 691. The molecule has 2 rings (SSSR count). The fourth-order valence-corrected chi connectivity index (χ4v) is 3.63. The number of benzene rings is 1. The van der Waals surface area contributed by atoms with E-state index >= 15 is 0 Å². The number of likely N-dealkylation sites (tertiary alicyclic amines) is 1. The highest BCUT2D eigenvalue weighted by Crippen LogP contribution is 2.17. The number of rotatable bonds is 7. The highest BCUT2D eigenvalue weighted by Gasteiger charge is 2.16. The molecule has 1 saturated heterocycles. The van der Waals surface area contributed by atoms with Crippen molar-refractivity contribution in [3.8, 4) is 0 Å². The van der Waals surface area contributed by atoms with Gasteiger partial charge in [0.1, 0.15) is 0 Å². The number of hydrogen-bond donors (Lipinski definition) is 1. The number of piperidine rings is 1. The summed E-state index contributed by atoms with van der Waals surface area (Å²) in [5.74, 6) is 0.591. The Labute approximate surface area is 151 Å². The first kappa shape index (κ1) is 19.7. The largest absolute Gasteiger partial charge is 0.352 e. The molecule has 1 N–H and O–H groups in total. The summed E-state index contributed by atoms with van der Waals surface area (Å²) in [5.41, 5.74) is 0.956. The summed E-state index contributed by atoms with van der Waals surface area (Å²) in [6.07, 6.45) is 4.63. The number of carbonyl (C=O) groups excluding carboxylic acids is 1. The predicted molar refractivity (Wildman–Crippen MR) is 101 cm³/mol. The van der Waals surface area contributed by atoms with Crippen LogP contribution in [0.3, 0.4) is 0 Å². The van der Waals surface area contributed by atoms with Crippen LogP contribution in [0.2, 0.25) is 0 Å². The lowest BCUT2D eigenvalue weighted by atomic mass is 10.0. The SMILES string of the molecule is C[C@H]1CCCN(CCCNC(=O)c2cccc(N(C)S(C)(=O)=O)c2)C1. The zero-order valence-electron chi connectivity index (χ0n) is 15.4.